The Balaban J connectivity index is 3.44. The van der Waals surface area contributed by atoms with E-state index in [-0.39, 0.29) is 28.8 Å². The van der Waals surface area contributed by atoms with Gasteiger partial charge in [0.2, 0.25) is 0 Å². The monoisotopic (exact) mass is 172 g/mol. The lowest BCUT2D eigenvalue weighted by Crippen LogP contribution is -2.16. The molecule has 0 nitrogen and oxygen atoms in total. The van der Waals surface area contributed by atoms with Crippen molar-refractivity contribution in [1.29, 1.82) is 0 Å². The van der Waals surface area contributed by atoms with Gasteiger partial charge >= 0.3 is 19.3 Å². The summed E-state index contributed by atoms with van der Waals surface area (Å²) in [5, 5.41) is 0. The van der Waals surface area contributed by atoms with E-state index in [2.05, 4.69) is 20.4 Å². The van der Waals surface area contributed by atoms with Gasteiger partial charge in [-0.3, -0.25) is 0 Å². The first-order valence-corrected chi connectivity index (χ1v) is 7.84. The molecule has 0 aliphatic heterocycles. The van der Waals surface area contributed by atoms with Crippen molar-refractivity contribution in [3.63, 3.8) is 0 Å². The molecule has 0 N–H and O–H groups in total. The summed E-state index contributed by atoms with van der Waals surface area (Å²) in [6.45, 7) is 8.29. The van der Waals surface area contributed by atoms with Crippen molar-refractivity contribution in [1.82, 2.24) is 0 Å². The van der Waals surface area contributed by atoms with Crippen LogP contribution < -0.4 is 0 Å². The quantitative estimate of drug-likeness (QED) is 0.449. The molecule has 0 amide bonds. The first-order valence-electron chi connectivity index (χ1n) is 3.29. The van der Waals surface area contributed by atoms with E-state index in [4.69, 9.17) is 9.07 Å². The van der Waals surface area contributed by atoms with Crippen LogP contribution in [0.2, 0.25) is 9.21 Å². The zero-order chi connectivity index (χ0) is 7.33. The molecule has 0 saturated heterocycles. The van der Waals surface area contributed by atoms with Crippen LogP contribution in [0, 0.1) is 0 Å². The molecule has 0 rings (SSSR count). The van der Waals surface area contributed by atoms with Gasteiger partial charge in [0, 0.05) is 9.52 Å². The lowest BCUT2D eigenvalue weighted by molar-refractivity contribution is 0.946. The van der Waals surface area contributed by atoms with Crippen LogP contribution in [0.5, 0.6) is 0 Å². The van der Waals surface area contributed by atoms with Crippen molar-refractivity contribution >= 4 is 37.9 Å². The van der Waals surface area contributed by atoms with Crippen LogP contribution in [0.25, 0.3) is 0 Å². The van der Waals surface area contributed by atoms with Gasteiger partial charge in [0.1, 0.15) is 0 Å². The highest BCUT2D eigenvalue weighted by Gasteiger charge is 2.18. The van der Waals surface area contributed by atoms with Crippen molar-refractivity contribution in [3.05, 3.63) is 12.7 Å². The van der Waals surface area contributed by atoms with Crippen LogP contribution >= 0.6 is 9.07 Å². The SMILES string of the molecule is C=CC[SiH2][C](C)(C)[Mg][Cl]. The number of hydrogen-bond donors (Lipinski definition) is 0. The molecule has 0 aromatic carbocycles. The maximum atomic E-state index is 5.87. The molecule has 0 bridgehead atoms. The topological polar surface area (TPSA) is 0 Å². The standard InChI is InChI=1S/C6H13Si.ClH.Mg/c1-4-5-7-6(2)3;;/h4H,1,5,7H2,2-3H3;1H;/q;;+1/p-1. The Morgan fingerprint density at radius 1 is 1.78 bits per heavy atom. The highest BCUT2D eigenvalue weighted by atomic mass is 35.5. The summed E-state index contributed by atoms with van der Waals surface area (Å²) in [4.78, 5) is 0. The summed E-state index contributed by atoms with van der Waals surface area (Å²) in [5.74, 6) is 0. The number of rotatable bonds is 4. The largest absolute Gasteiger partial charge is 0.503 e. The fourth-order valence-electron chi connectivity index (χ4n) is 0.560. The summed E-state index contributed by atoms with van der Waals surface area (Å²) in [6.07, 6.45) is 2.02. The van der Waals surface area contributed by atoms with Crippen molar-refractivity contribution in [3.8, 4) is 0 Å². The average Bonchev–Trinajstić information content (AvgIpc) is 1.84. The second kappa shape index (κ2) is 4.77. The molecule has 0 fully saturated rings. The van der Waals surface area contributed by atoms with Crippen molar-refractivity contribution in [2.45, 2.75) is 23.1 Å². The van der Waals surface area contributed by atoms with Crippen molar-refractivity contribution in [2.75, 3.05) is 0 Å². The predicted octanol–water partition coefficient (Wildman–Crippen LogP) is 1.77. The Labute approximate surface area is 73.4 Å². The van der Waals surface area contributed by atoms with E-state index in [0.29, 0.717) is 3.17 Å². The zero-order valence-corrected chi connectivity index (χ0v) is 9.87. The Kier molecular flexibility index (Phi) is 5.31. The van der Waals surface area contributed by atoms with E-state index in [0.717, 1.165) is 0 Å². The van der Waals surface area contributed by atoms with Gasteiger partial charge < -0.3 is 9.07 Å². The summed E-state index contributed by atoms with van der Waals surface area (Å²) in [7, 11) is 5.92. The number of allylic oxidation sites excluding steroid dienone is 1. The fraction of sp³-hybridized carbons (Fsp3) is 0.667. The van der Waals surface area contributed by atoms with E-state index in [1.807, 2.05) is 6.08 Å². The van der Waals surface area contributed by atoms with Gasteiger partial charge in [-0.1, -0.05) is 19.9 Å². The normalized spacial score (nSPS) is 11.9. The van der Waals surface area contributed by atoms with Crippen LogP contribution in [0.15, 0.2) is 12.7 Å². The summed E-state index contributed by atoms with van der Waals surface area (Å²) in [6, 6.07) is 1.24. The van der Waals surface area contributed by atoms with E-state index in [1.165, 1.54) is 6.04 Å². The van der Waals surface area contributed by atoms with E-state index in [1.54, 1.807) is 0 Å². The van der Waals surface area contributed by atoms with Gasteiger partial charge in [0.15, 0.2) is 0 Å². The molecule has 0 spiro atoms. The molecule has 0 saturated carbocycles. The predicted molar refractivity (Wildman–Crippen MR) is 49.2 cm³/mol. The van der Waals surface area contributed by atoms with Gasteiger partial charge in [-0.2, -0.15) is 0 Å². The molecule has 0 aromatic rings. The first-order chi connectivity index (χ1) is 4.12. The minimum Gasteiger partial charge on any atom is -0.346 e. The Bertz CT molecular complexity index is 93.1. The molecule has 3 heteroatoms. The van der Waals surface area contributed by atoms with Crippen LogP contribution in [-0.2, 0) is 0 Å². The van der Waals surface area contributed by atoms with Gasteiger partial charge in [-0.05, 0) is 6.04 Å². The van der Waals surface area contributed by atoms with Crippen molar-refractivity contribution in [2.24, 2.45) is 0 Å². The van der Waals surface area contributed by atoms with Crippen LogP contribution in [-0.4, -0.2) is 28.8 Å². The third-order valence-electron chi connectivity index (χ3n) is 1.39. The summed E-state index contributed by atoms with van der Waals surface area (Å²) >= 11 is -0.292. The third-order valence-corrected chi connectivity index (χ3v) is 9.09. The Hall–Kier alpha value is 1.01. The van der Waals surface area contributed by atoms with Gasteiger partial charge in [-0.15, -0.1) is 9.75 Å². The highest BCUT2D eigenvalue weighted by molar-refractivity contribution is 6.99. The molecule has 0 unspecified atom stereocenters. The Morgan fingerprint density at radius 3 is 2.67 bits per heavy atom. The van der Waals surface area contributed by atoms with Gasteiger partial charge in [0.25, 0.3) is 0 Å². The molecule has 0 aliphatic carbocycles. The maximum Gasteiger partial charge on any atom is 0.503 e. The molecule has 0 aromatic heterocycles. The fourth-order valence-corrected chi connectivity index (χ4v) is 3.89. The van der Waals surface area contributed by atoms with Crippen molar-refractivity contribution < 1.29 is 0 Å². The van der Waals surface area contributed by atoms with Crippen LogP contribution in [0.4, 0.5) is 0 Å². The smallest absolute Gasteiger partial charge is 0.346 e. The van der Waals surface area contributed by atoms with Gasteiger partial charge in [0.05, 0.1) is 0 Å². The lowest BCUT2D eigenvalue weighted by Gasteiger charge is -2.18. The zero-order valence-electron chi connectivity index (χ0n) is 6.28. The van der Waals surface area contributed by atoms with Crippen LogP contribution in [0.1, 0.15) is 13.8 Å². The molecular weight excluding hydrogens is 160 g/mol. The Morgan fingerprint density at radius 2 is 2.33 bits per heavy atom. The molecule has 9 heavy (non-hydrogen) atoms. The minimum atomic E-state index is -0.292. The second-order valence-corrected chi connectivity index (χ2v) is 10.1. The highest BCUT2D eigenvalue weighted by Crippen LogP contribution is 2.22. The van der Waals surface area contributed by atoms with E-state index in [9.17, 15) is 0 Å². The lowest BCUT2D eigenvalue weighted by atomic mass is 10.5. The van der Waals surface area contributed by atoms with Gasteiger partial charge in [-0.25, -0.2) is 0 Å². The van der Waals surface area contributed by atoms with E-state index >= 15 is 0 Å². The summed E-state index contributed by atoms with van der Waals surface area (Å²) < 4.78 is 0.565. The molecule has 0 radical (unpaired) electrons. The number of hydrogen-bond acceptors (Lipinski definition) is 0. The average molecular weight is 173 g/mol. The second-order valence-electron chi connectivity index (χ2n) is 3.13. The molecule has 0 aliphatic rings. The molecular formula is C6H13ClMgSi. The number of halogens is 1. The molecule has 50 valence electrons. The molecule has 0 heterocycles. The summed E-state index contributed by atoms with van der Waals surface area (Å²) in [5.41, 5.74) is 0. The van der Waals surface area contributed by atoms with Crippen LogP contribution in [0.3, 0.4) is 0 Å². The maximum absolute atomic E-state index is 5.87. The third kappa shape index (κ3) is 5.46. The first kappa shape index (κ1) is 10.0. The minimum absolute atomic E-state index is 0.0509. The van der Waals surface area contributed by atoms with E-state index < -0.39 is 0 Å². The molecule has 0 atom stereocenters.